The lowest BCUT2D eigenvalue weighted by atomic mass is 10.2. The van der Waals surface area contributed by atoms with Crippen LogP contribution in [0.15, 0.2) is 31.0 Å². The van der Waals surface area contributed by atoms with Crippen LogP contribution in [0.25, 0.3) is 0 Å². The standard InChI is InChI=1S/C10H8ClN5O/c11-8-1-6(2-15-9(8)12)10(17)16-7-3-13-5-14-4-7/h1-5H,(H2,12,15)(H,16,17). The first-order valence-electron chi connectivity index (χ1n) is 4.64. The molecule has 0 aliphatic rings. The molecule has 0 aliphatic carbocycles. The van der Waals surface area contributed by atoms with Gasteiger partial charge >= 0.3 is 0 Å². The molecule has 0 unspecified atom stereocenters. The number of hydrogen-bond acceptors (Lipinski definition) is 5. The third kappa shape index (κ3) is 2.67. The number of amides is 1. The van der Waals surface area contributed by atoms with Gasteiger partial charge in [0.1, 0.15) is 12.1 Å². The number of carbonyl (C=O) groups is 1. The fourth-order valence-electron chi connectivity index (χ4n) is 1.14. The maximum Gasteiger partial charge on any atom is 0.257 e. The molecule has 0 aliphatic heterocycles. The van der Waals surface area contributed by atoms with Gasteiger partial charge in [-0.1, -0.05) is 11.6 Å². The molecule has 0 saturated carbocycles. The number of pyridine rings is 1. The largest absolute Gasteiger partial charge is 0.382 e. The first-order chi connectivity index (χ1) is 8.16. The predicted molar refractivity (Wildman–Crippen MR) is 63.6 cm³/mol. The first kappa shape index (κ1) is 11.3. The van der Waals surface area contributed by atoms with Gasteiger partial charge < -0.3 is 11.1 Å². The van der Waals surface area contributed by atoms with Crippen LogP contribution in [0.3, 0.4) is 0 Å². The lowest BCUT2D eigenvalue weighted by molar-refractivity contribution is 0.102. The van der Waals surface area contributed by atoms with Crippen LogP contribution >= 0.6 is 11.6 Å². The van der Waals surface area contributed by atoms with Crippen molar-refractivity contribution in [2.24, 2.45) is 0 Å². The Kier molecular flexibility index (Phi) is 3.15. The van der Waals surface area contributed by atoms with Crippen LogP contribution in [-0.2, 0) is 0 Å². The Hall–Kier alpha value is -2.21. The zero-order valence-corrected chi connectivity index (χ0v) is 9.35. The number of nitrogen functional groups attached to an aromatic ring is 1. The molecule has 0 aromatic carbocycles. The third-order valence-electron chi connectivity index (χ3n) is 1.95. The van der Waals surface area contributed by atoms with Gasteiger partial charge in [0.15, 0.2) is 0 Å². The maximum absolute atomic E-state index is 11.8. The zero-order chi connectivity index (χ0) is 12.3. The lowest BCUT2D eigenvalue weighted by Crippen LogP contribution is -2.13. The first-order valence-corrected chi connectivity index (χ1v) is 5.02. The van der Waals surface area contributed by atoms with E-state index in [1.54, 1.807) is 0 Å². The van der Waals surface area contributed by atoms with Crippen LogP contribution in [0.1, 0.15) is 10.4 Å². The molecule has 0 fully saturated rings. The van der Waals surface area contributed by atoms with Gasteiger partial charge in [-0.15, -0.1) is 0 Å². The van der Waals surface area contributed by atoms with Crippen LogP contribution in [0.2, 0.25) is 5.02 Å². The number of halogens is 1. The molecule has 0 atom stereocenters. The smallest absolute Gasteiger partial charge is 0.257 e. The Balaban J connectivity index is 2.18. The topological polar surface area (TPSA) is 93.8 Å². The molecule has 2 aromatic rings. The fraction of sp³-hybridized carbons (Fsp3) is 0. The van der Waals surface area contributed by atoms with Crippen molar-refractivity contribution >= 4 is 29.0 Å². The SMILES string of the molecule is Nc1ncc(C(=O)Nc2cncnc2)cc1Cl. The van der Waals surface area contributed by atoms with Crippen LogP contribution in [0, 0.1) is 0 Å². The van der Waals surface area contributed by atoms with Crippen molar-refractivity contribution < 1.29 is 4.79 Å². The minimum Gasteiger partial charge on any atom is -0.382 e. The number of aromatic nitrogens is 3. The Morgan fingerprint density at radius 3 is 2.65 bits per heavy atom. The van der Waals surface area contributed by atoms with E-state index in [9.17, 15) is 4.79 Å². The van der Waals surface area contributed by atoms with Gasteiger partial charge in [0.2, 0.25) is 0 Å². The van der Waals surface area contributed by atoms with Crippen LogP contribution < -0.4 is 11.1 Å². The molecular weight excluding hydrogens is 242 g/mol. The van der Waals surface area contributed by atoms with Gasteiger partial charge in [0, 0.05) is 6.20 Å². The highest BCUT2D eigenvalue weighted by Crippen LogP contribution is 2.17. The molecule has 1 amide bonds. The van der Waals surface area contributed by atoms with E-state index in [-0.39, 0.29) is 16.7 Å². The van der Waals surface area contributed by atoms with Gasteiger partial charge in [-0.05, 0) is 6.07 Å². The summed E-state index contributed by atoms with van der Waals surface area (Å²) >= 11 is 5.77. The molecule has 0 saturated heterocycles. The molecule has 17 heavy (non-hydrogen) atoms. The van der Waals surface area contributed by atoms with E-state index in [2.05, 4.69) is 20.3 Å². The molecule has 3 N–H and O–H groups in total. The van der Waals surface area contributed by atoms with Crippen molar-refractivity contribution in [2.75, 3.05) is 11.1 Å². The summed E-state index contributed by atoms with van der Waals surface area (Å²) in [5, 5.41) is 2.84. The van der Waals surface area contributed by atoms with Gasteiger partial charge in [0.25, 0.3) is 5.91 Å². The second kappa shape index (κ2) is 4.75. The van der Waals surface area contributed by atoms with Crippen molar-refractivity contribution in [3.8, 4) is 0 Å². The van der Waals surface area contributed by atoms with E-state index in [1.807, 2.05) is 0 Å². The number of rotatable bonds is 2. The summed E-state index contributed by atoms with van der Waals surface area (Å²) in [5.74, 6) is -0.166. The van der Waals surface area contributed by atoms with E-state index in [4.69, 9.17) is 17.3 Å². The number of nitrogens with two attached hydrogens (primary N) is 1. The lowest BCUT2D eigenvalue weighted by Gasteiger charge is -2.04. The Bertz CT molecular complexity index is 546. The highest BCUT2D eigenvalue weighted by molar-refractivity contribution is 6.33. The number of anilines is 2. The molecule has 86 valence electrons. The fourth-order valence-corrected chi connectivity index (χ4v) is 1.31. The van der Waals surface area contributed by atoms with Crippen LogP contribution in [-0.4, -0.2) is 20.9 Å². The second-order valence-electron chi connectivity index (χ2n) is 3.17. The summed E-state index contributed by atoms with van der Waals surface area (Å²) in [5.41, 5.74) is 6.25. The van der Waals surface area contributed by atoms with E-state index >= 15 is 0 Å². The molecule has 6 nitrogen and oxygen atoms in total. The molecule has 0 bridgehead atoms. The summed E-state index contributed by atoms with van der Waals surface area (Å²) in [4.78, 5) is 23.1. The predicted octanol–water partition coefficient (Wildman–Crippen LogP) is 1.36. The highest BCUT2D eigenvalue weighted by atomic mass is 35.5. The normalized spacial score (nSPS) is 9.94. The second-order valence-corrected chi connectivity index (χ2v) is 3.58. The van der Waals surface area contributed by atoms with E-state index < -0.39 is 0 Å². The monoisotopic (exact) mass is 249 g/mol. The Labute approximate surface area is 102 Å². The van der Waals surface area contributed by atoms with Crippen molar-refractivity contribution in [1.29, 1.82) is 0 Å². The quantitative estimate of drug-likeness (QED) is 0.838. The van der Waals surface area contributed by atoms with Crippen molar-refractivity contribution in [1.82, 2.24) is 15.0 Å². The van der Waals surface area contributed by atoms with Gasteiger partial charge in [-0.2, -0.15) is 0 Å². The van der Waals surface area contributed by atoms with Gasteiger partial charge in [-0.25, -0.2) is 15.0 Å². The van der Waals surface area contributed by atoms with Gasteiger partial charge in [0.05, 0.1) is 28.7 Å². The summed E-state index contributed by atoms with van der Waals surface area (Å²) in [7, 11) is 0. The number of carbonyl (C=O) groups excluding carboxylic acids is 1. The number of nitrogens with one attached hydrogen (secondary N) is 1. The molecule has 2 rings (SSSR count). The number of nitrogens with zero attached hydrogens (tertiary/aromatic N) is 3. The molecule has 7 heteroatoms. The van der Waals surface area contributed by atoms with Crippen LogP contribution in [0.4, 0.5) is 11.5 Å². The minimum atomic E-state index is -0.353. The summed E-state index contributed by atoms with van der Waals surface area (Å²) in [6.07, 6.45) is 5.69. The Morgan fingerprint density at radius 1 is 1.29 bits per heavy atom. The third-order valence-corrected chi connectivity index (χ3v) is 2.25. The minimum absolute atomic E-state index is 0.186. The summed E-state index contributed by atoms with van der Waals surface area (Å²) in [6.45, 7) is 0. The zero-order valence-electron chi connectivity index (χ0n) is 8.59. The Morgan fingerprint density at radius 2 is 2.00 bits per heavy atom. The molecule has 0 spiro atoms. The summed E-state index contributed by atoms with van der Waals surface area (Å²) in [6, 6.07) is 1.45. The molecule has 2 heterocycles. The summed E-state index contributed by atoms with van der Waals surface area (Å²) < 4.78 is 0. The average Bonchev–Trinajstić information content (AvgIpc) is 2.34. The van der Waals surface area contributed by atoms with E-state index in [0.29, 0.717) is 11.3 Å². The van der Waals surface area contributed by atoms with Crippen molar-refractivity contribution in [3.05, 3.63) is 41.6 Å². The molecule has 0 radical (unpaired) electrons. The van der Waals surface area contributed by atoms with Crippen LogP contribution in [0.5, 0.6) is 0 Å². The molecular formula is C10H8ClN5O. The van der Waals surface area contributed by atoms with Crippen molar-refractivity contribution in [2.45, 2.75) is 0 Å². The van der Waals surface area contributed by atoms with E-state index in [1.165, 1.54) is 31.0 Å². The van der Waals surface area contributed by atoms with Crippen molar-refractivity contribution in [3.63, 3.8) is 0 Å². The highest BCUT2D eigenvalue weighted by Gasteiger charge is 2.09. The average molecular weight is 250 g/mol. The van der Waals surface area contributed by atoms with E-state index in [0.717, 1.165) is 0 Å². The number of hydrogen-bond donors (Lipinski definition) is 2. The van der Waals surface area contributed by atoms with Gasteiger partial charge in [-0.3, -0.25) is 4.79 Å². The molecule has 2 aromatic heterocycles. The maximum atomic E-state index is 11.8.